The van der Waals surface area contributed by atoms with Crippen molar-refractivity contribution in [1.29, 1.82) is 0 Å². The first-order valence-corrected chi connectivity index (χ1v) is 8.67. The highest BCUT2D eigenvalue weighted by atomic mass is 32.2. The molecule has 0 aliphatic carbocycles. The van der Waals surface area contributed by atoms with E-state index in [1.807, 2.05) is 11.4 Å². The summed E-state index contributed by atoms with van der Waals surface area (Å²) in [6.45, 7) is 2.19. The SMILES string of the molecule is CN(CCc1cccs1)S(=O)(=O)C1CCNCC1. The van der Waals surface area contributed by atoms with E-state index in [2.05, 4.69) is 11.4 Å². The molecule has 102 valence electrons. The lowest BCUT2D eigenvalue weighted by atomic mass is 10.2. The molecule has 0 amide bonds. The second kappa shape index (κ2) is 6.14. The first-order chi connectivity index (χ1) is 8.60. The van der Waals surface area contributed by atoms with E-state index in [-0.39, 0.29) is 5.25 Å². The highest BCUT2D eigenvalue weighted by Gasteiger charge is 2.30. The molecule has 0 radical (unpaired) electrons. The fourth-order valence-corrected chi connectivity index (χ4v) is 4.58. The fraction of sp³-hybridized carbons (Fsp3) is 0.667. The predicted octanol–water partition coefficient (Wildman–Crippen LogP) is 1.30. The van der Waals surface area contributed by atoms with Crippen molar-refractivity contribution in [3.8, 4) is 0 Å². The van der Waals surface area contributed by atoms with Crippen molar-refractivity contribution < 1.29 is 8.42 Å². The maximum Gasteiger partial charge on any atom is 0.216 e. The van der Waals surface area contributed by atoms with Gasteiger partial charge >= 0.3 is 0 Å². The molecule has 0 unspecified atom stereocenters. The van der Waals surface area contributed by atoms with Crippen LogP contribution in [0.4, 0.5) is 0 Å². The van der Waals surface area contributed by atoms with Gasteiger partial charge in [0, 0.05) is 18.5 Å². The summed E-state index contributed by atoms with van der Waals surface area (Å²) in [5.41, 5.74) is 0. The van der Waals surface area contributed by atoms with Gasteiger partial charge in [0.1, 0.15) is 0 Å². The van der Waals surface area contributed by atoms with E-state index in [4.69, 9.17) is 0 Å². The minimum atomic E-state index is -3.12. The minimum Gasteiger partial charge on any atom is -0.317 e. The molecule has 2 heterocycles. The molecule has 0 saturated carbocycles. The molecular formula is C12H20N2O2S2. The molecule has 1 aliphatic rings. The molecule has 1 aromatic heterocycles. The van der Waals surface area contributed by atoms with Crippen LogP contribution >= 0.6 is 11.3 Å². The molecule has 2 rings (SSSR count). The second-order valence-corrected chi connectivity index (χ2v) is 8.00. The van der Waals surface area contributed by atoms with Gasteiger partial charge in [-0.1, -0.05) is 6.07 Å². The summed E-state index contributed by atoms with van der Waals surface area (Å²) in [5.74, 6) is 0. The Morgan fingerprint density at radius 2 is 2.17 bits per heavy atom. The van der Waals surface area contributed by atoms with Gasteiger partial charge < -0.3 is 5.32 Å². The van der Waals surface area contributed by atoms with E-state index in [1.54, 1.807) is 18.4 Å². The Hall–Kier alpha value is -0.430. The number of piperidine rings is 1. The monoisotopic (exact) mass is 288 g/mol. The molecule has 4 nitrogen and oxygen atoms in total. The Bertz CT molecular complexity index is 450. The average Bonchev–Trinajstić information content (AvgIpc) is 2.90. The molecule has 0 aromatic carbocycles. The average molecular weight is 288 g/mol. The van der Waals surface area contributed by atoms with Crippen LogP contribution in [-0.4, -0.2) is 44.7 Å². The van der Waals surface area contributed by atoms with E-state index in [0.29, 0.717) is 6.54 Å². The van der Waals surface area contributed by atoms with Gasteiger partial charge in [-0.25, -0.2) is 12.7 Å². The molecule has 1 aliphatic heterocycles. The topological polar surface area (TPSA) is 49.4 Å². The van der Waals surface area contributed by atoms with E-state index in [9.17, 15) is 8.42 Å². The summed E-state index contributed by atoms with van der Waals surface area (Å²) in [6, 6.07) is 4.05. The fourth-order valence-electron chi connectivity index (χ4n) is 2.20. The summed E-state index contributed by atoms with van der Waals surface area (Å²) in [5, 5.41) is 5.02. The Labute approximate surface area is 113 Å². The smallest absolute Gasteiger partial charge is 0.216 e. The quantitative estimate of drug-likeness (QED) is 0.888. The summed E-state index contributed by atoms with van der Waals surface area (Å²) in [4.78, 5) is 1.24. The summed E-state index contributed by atoms with van der Waals surface area (Å²) < 4.78 is 26.2. The lowest BCUT2D eigenvalue weighted by Crippen LogP contribution is -2.43. The zero-order chi connectivity index (χ0) is 13.0. The van der Waals surface area contributed by atoms with Crippen LogP contribution in [0.3, 0.4) is 0 Å². The largest absolute Gasteiger partial charge is 0.317 e. The van der Waals surface area contributed by atoms with Crippen molar-refractivity contribution in [3.05, 3.63) is 22.4 Å². The molecule has 1 N–H and O–H groups in total. The maximum atomic E-state index is 12.3. The second-order valence-electron chi connectivity index (χ2n) is 4.65. The molecule has 1 aromatic rings. The van der Waals surface area contributed by atoms with Gasteiger partial charge in [0.15, 0.2) is 0 Å². The summed E-state index contributed by atoms with van der Waals surface area (Å²) >= 11 is 1.68. The van der Waals surface area contributed by atoms with Crippen LogP contribution in [0.2, 0.25) is 0 Å². The van der Waals surface area contributed by atoms with Crippen molar-refractivity contribution in [2.45, 2.75) is 24.5 Å². The number of likely N-dealkylation sites (N-methyl/N-ethyl adjacent to an activating group) is 1. The van der Waals surface area contributed by atoms with Gasteiger partial charge in [0.25, 0.3) is 0 Å². The van der Waals surface area contributed by atoms with Crippen LogP contribution < -0.4 is 5.32 Å². The van der Waals surface area contributed by atoms with Crippen LogP contribution in [0.15, 0.2) is 17.5 Å². The Morgan fingerprint density at radius 3 is 2.78 bits per heavy atom. The third kappa shape index (κ3) is 3.32. The number of nitrogens with one attached hydrogen (secondary N) is 1. The van der Waals surface area contributed by atoms with Crippen LogP contribution in [0.25, 0.3) is 0 Å². The van der Waals surface area contributed by atoms with Gasteiger partial charge in [-0.2, -0.15) is 0 Å². The molecule has 18 heavy (non-hydrogen) atoms. The van der Waals surface area contributed by atoms with Gasteiger partial charge in [0.05, 0.1) is 5.25 Å². The molecule has 0 spiro atoms. The Kier molecular flexibility index (Phi) is 4.77. The van der Waals surface area contributed by atoms with Crippen molar-refractivity contribution >= 4 is 21.4 Å². The highest BCUT2D eigenvalue weighted by Crippen LogP contribution is 2.18. The number of rotatable bonds is 5. The lowest BCUT2D eigenvalue weighted by Gasteiger charge is -2.27. The normalized spacial score (nSPS) is 18.3. The van der Waals surface area contributed by atoms with Gasteiger partial charge in [-0.15, -0.1) is 11.3 Å². The van der Waals surface area contributed by atoms with Crippen molar-refractivity contribution in [3.63, 3.8) is 0 Å². The molecule has 6 heteroatoms. The first kappa shape index (κ1) is 14.0. The van der Waals surface area contributed by atoms with E-state index < -0.39 is 10.0 Å². The summed E-state index contributed by atoms with van der Waals surface area (Å²) in [6.07, 6.45) is 2.26. The predicted molar refractivity (Wildman–Crippen MR) is 75.5 cm³/mol. The highest BCUT2D eigenvalue weighted by molar-refractivity contribution is 7.89. The summed E-state index contributed by atoms with van der Waals surface area (Å²) in [7, 11) is -1.42. The zero-order valence-corrected chi connectivity index (χ0v) is 12.3. The molecule has 1 saturated heterocycles. The zero-order valence-electron chi connectivity index (χ0n) is 10.6. The minimum absolute atomic E-state index is 0.202. The number of thiophene rings is 1. The van der Waals surface area contributed by atoms with Crippen molar-refractivity contribution in [2.75, 3.05) is 26.7 Å². The maximum absolute atomic E-state index is 12.3. The van der Waals surface area contributed by atoms with Crippen molar-refractivity contribution in [1.82, 2.24) is 9.62 Å². The molecule has 1 fully saturated rings. The van der Waals surface area contributed by atoms with Crippen LogP contribution in [0, 0.1) is 0 Å². The Morgan fingerprint density at radius 1 is 1.44 bits per heavy atom. The molecular weight excluding hydrogens is 268 g/mol. The third-order valence-corrected chi connectivity index (χ3v) is 6.70. The number of sulfonamides is 1. The van der Waals surface area contributed by atoms with E-state index >= 15 is 0 Å². The van der Waals surface area contributed by atoms with Gasteiger partial charge in [-0.3, -0.25) is 0 Å². The van der Waals surface area contributed by atoms with E-state index in [1.165, 1.54) is 9.18 Å². The van der Waals surface area contributed by atoms with E-state index in [0.717, 1.165) is 32.4 Å². The Balaban J connectivity index is 1.92. The number of hydrogen-bond acceptors (Lipinski definition) is 4. The third-order valence-electron chi connectivity index (χ3n) is 3.40. The lowest BCUT2D eigenvalue weighted by molar-refractivity contribution is 0.433. The number of nitrogens with zero attached hydrogens (tertiary/aromatic N) is 1. The van der Waals surface area contributed by atoms with Gasteiger partial charge in [-0.05, 0) is 43.8 Å². The first-order valence-electron chi connectivity index (χ1n) is 6.29. The van der Waals surface area contributed by atoms with Crippen LogP contribution in [0.5, 0.6) is 0 Å². The molecule has 0 bridgehead atoms. The number of hydrogen-bond donors (Lipinski definition) is 1. The van der Waals surface area contributed by atoms with Crippen molar-refractivity contribution in [2.24, 2.45) is 0 Å². The van der Waals surface area contributed by atoms with Gasteiger partial charge in [0.2, 0.25) is 10.0 Å². The molecule has 0 atom stereocenters. The van der Waals surface area contributed by atoms with Crippen LogP contribution in [-0.2, 0) is 16.4 Å². The van der Waals surface area contributed by atoms with Crippen LogP contribution in [0.1, 0.15) is 17.7 Å². The standard InChI is InChI=1S/C12H20N2O2S2/c1-14(9-6-11-3-2-10-17-11)18(15,16)12-4-7-13-8-5-12/h2-3,10,12-13H,4-9H2,1H3.